The second kappa shape index (κ2) is 6.22. The molecule has 2 fully saturated rings. The van der Waals surface area contributed by atoms with Gasteiger partial charge in [-0.1, -0.05) is 12.8 Å². The highest BCUT2D eigenvalue weighted by atomic mass is 32.1. The van der Waals surface area contributed by atoms with E-state index in [9.17, 15) is 4.79 Å². The first-order chi connectivity index (χ1) is 9.78. The highest BCUT2D eigenvalue weighted by Crippen LogP contribution is 2.39. The Labute approximate surface area is 123 Å². The molecule has 4 nitrogen and oxygen atoms in total. The van der Waals surface area contributed by atoms with Crippen LogP contribution in [0.25, 0.3) is 0 Å². The molecule has 1 aromatic rings. The number of carbonyl (C=O) groups is 1. The van der Waals surface area contributed by atoms with Crippen LogP contribution in [0.1, 0.15) is 56.4 Å². The van der Waals surface area contributed by atoms with Gasteiger partial charge in [0.2, 0.25) is 5.91 Å². The minimum Gasteiger partial charge on any atom is -0.378 e. The molecule has 1 saturated heterocycles. The standard InChI is InChI=1S/C15H22N2O2S/c18-13(6-5-12-4-3-10-19-12)17-15(7-1-2-8-15)14-16-9-11-20-14/h9,11-12H,1-8,10H2,(H,17,18)/t12-/m0/s1. The lowest BCUT2D eigenvalue weighted by molar-refractivity contribution is -0.123. The van der Waals surface area contributed by atoms with Crippen molar-refractivity contribution < 1.29 is 9.53 Å². The lowest BCUT2D eigenvalue weighted by atomic mass is 9.98. The summed E-state index contributed by atoms with van der Waals surface area (Å²) >= 11 is 1.65. The van der Waals surface area contributed by atoms with Gasteiger partial charge in [-0.05, 0) is 32.1 Å². The summed E-state index contributed by atoms with van der Waals surface area (Å²) in [7, 11) is 0. The number of aromatic nitrogens is 1. The Kier molecular flexibility index (Phi) is 4.36. The molecular formula is C15H22N2O2S. The van der Waals surface area contributed by atoms with E-state index in [1.54, 1.807) is 11.3 Å². The van der Waals surface area contributed by atoms with E-state index in [1.807, 2.05) is 11.6 Å². The van der Waals surface area contributed by atoms with Gasteiger partial charge in [0, 0.05) is 24.6 Å². The lowest BCUT2D eigenvalue weighted by Crippen LogP contribution is -2.43. The molecule has 1 N–H and O–H groups in total. The Bertz CT molecular complexity index is 435. The number of hydrogen-bond donors (Lipinski definition) is 1. The molecule has 1 amide bonds. The first kappa shape index (κ1) is 14.0. The van der Waals surface area contributed by atoms with E-state index in [1.165, 1.54) is 12.8 Å². The maximum atomic E-state index is 12.3. The van der Waals surface area contributed by atoms with Gasteiger partial charge in [-0.2, -0.15) is 0 Å². The van der Waals surface area contributed by atoms with Crippen molar-refractivity contribution >= 4 is 17.2 Å². The molecule has 0 unspecified atom stereocenters. The topological polar surface area (TPSA) is 51.2 Å². The Morgan fingerprint density at radius 3 is 2.95 bits per heavy atom. The zero-order valence-corrected chi connectivity index (χ0v) is 12.6. The summed E-state index contributed by atoms with van der Waals surface area (Å²) in [6, 6.07) is 0. The van der Waals surface area contributed by atoms with Gasteiger partial charge in [-0.3, -0.25) is 4.79 Å². The van der Waals surface area contributed by atoms with E-state index in [2.05, 4.69) is 10.3 Å². The van der Waals surface area contributed by atoms with Crippen LogP contribution >= 0.6 is 11.3 Å². The molecule has 5 heteroatoms. The van der Waals surface area contributed by atoms with E-state index in [0.29, 0.717) is 12.5 Å². The van der Waals surface area contributed by atoms with Crippen LogP contribution in [0.15, 0.2) is 11.6 Å². The molecule has 1 saturated carbocycles. The number of rotatable bonds is 5. The largest absolute Gasteiger partial charge is 0.378 e. The van der Waals surface area contributed by atoms with Crippen LogP contribution < -0.4 is 5.32 Å². The summed E-state index contributed by atoms with van der Waals surface area (Å²) in [6.07, 6.45) is 10.2. The number of amides is 1. The fourth-order valence-electron chi connectivity index (χ4n) is 3.32. The predicted octanol–water partition coefficient (Wildman–Crippen LogP) is 2.99. The van der Waals surface area contributed by atoms with Gasteiger partial charge >= 0.3 is 0 Å². The van der Waals surface area contributed by atoms with Gasteiger partial charge in [0.05, 0.1) is 11.6 Å². The quantitative estimate of drug-likeness (QED) is 0.908. The zero-order chi connectivity index (χ0) is 13.8. The van der Waals surface area contributed by atoms with Gasteiger partial charge in [-0.25, -0.2) is 4.98 Å². The lowest BCUT2D eigenvalue weighted by Gasteiger charge is -2.28. The third kappa shape index (κ3) is 3.04. The maximum absolute atomic E-state index is 12.3. The molecule has 0 spiro atoms. The van der Waals surface area contributed by atoms with Crippen molar-refractivity contribution in [2.45, 2.75) is 63.0 Å². The first-order valence-corrected chi connectivity index (χ1v) is 8.49. The highest BCUT2D eigenvalue weighted by molar-refractivity contribution is 7.09. The Morgan fingerprint density at radius 2 is 2.30 bits per heavy atom. The molecule has 0 bridgehead atoms. The second-order valence-electron chi connectivity index (χ2n) is 5.85. The van der Waals surface area contributed by atoms with Crippen LogP contribution in [-0.4, -0.2) is 23.6 Å². The summed E-state index contributed by atoms with van der Waals surface area (Å²) in [5.74, 6) is 0.151. The van der Waals surface area contributed by atoms with Crippen molar-refractivity contribution in [1.29, 1.82) is 0 Å². The van der Waals surface area contributed by atoms with Crippen LogP contribution in [0, 0.1) is 0 Å². The molecule has 20 heavy (non-hydrogen) atoms. The van der Waals surface area contributed by atoms with Crippen LogP contribution in [0.4, 0.5) is 0 Å². The summed E-state index contributed by atoms with van der Waals surface area (Å²) in [5, 5.41) is 6.34. The van der Waals surface area contributed by atoms with Crippen LogP contribution in [0.2, 0.25) is 0 Å². The Hall–Kier alpha value is -0.940. The Balaban J connectivity index is 1.57. The van der Waals surface area contributed by atoms with Crippen molar-refractivity contribution in [1.82, 2.24) is 10.3 Å². The van der Waals surface area contributed by atoms with Crippen molar-refractivity contribution in [2.75, 3.05) is 6.61 Å². The number of thiazole rings is 1. The zero-order valence-electron chi connectivity index (χ0n) is 11.8. The number of hydrogen-bond acceptors (Lipinski definition) is 4. The monoisotopic (exact) mass is 294 g/mol. The van der Waals surface area contributed by atoms with Crippen molar-refractivity contribution in [3.63, 3.8) is 0 Å². The van der Waals surface area contributed by atoms with E-state index in [-0.39, 0.29) is 11.4 Å². The van der Waals surface area contributed by atoms with Gasteiger partial charge in [0.1, 0.15) is 5.01 Å². The summed E-state index contributed by atoms with van der Waals surface area (Å²) in [6.45, 7) is 0.856. The van der Waals surface area contributed by atoms with E-state index >= 15 is 0 Å². The third-order valence-corrected chi connectivity index (χ3v) is 5.37. The summed E-state index contributed by atoms with van der Waals surface area (Å²) in [4.78, 5) is 16.7. The Morgan fingerprint density at radius 1 is 1.45 bits per heavy atom. The van der Waals surface area contributed by atoms with Gasteiger partial charge in [0.15, 0.2) is 0 Å². The summed E-state index contributed by atoms with van der Waals surface area (Å²) in [5.41, 5.74) is -0.193. The SMILES string of the molecule is O=C(CC[C@@H]1CCCO1)NC1(c2nccs2)CCCC1. The molecule has 110 valence electrons. The number of carbonyl (C=O) groups excluding carboxylic acids is 1. The minimum absolute atomic E-state index is 0.151. The first-order valence-electron chi connectivity index (χ1n) is 7.61. The average molecular weight is 294 g/mol. The van der Waals surface area contributed by atoms with Gasteiger partial charge in [0.25, 0.3) is 0 Å². The molecule has 3 rings (SSSR count). The summed E-state index contributed by atoms with van der Waals surface area (Å²) < 4.78 is 5.58. The maximum Gasteiger partial charge on any atom is 0.220 e. The van der Waals surface area contributed by atoms with Gasteiger partial charge < -0.3 is 10.1 Å². The van der Waals surface area contributed by atoms with Crippen LogP contribution in [0.3, 0.4) is 0 Å². The fraction of sp³-hybridized carbons (Fsp3) is 0.733. The smallest absolute Gasteiger partial charge is 0.220 e. The molecular weight excluding hydrogens is 272 g/mol. The number of nitrogens with one attached hydrogen (secondary N) is 1. The molecule has 1 aromatic heterocycles. The van der Waals surface area contributed by atoms with E-state index in [4.69, 9.17) is 4.74 Å². The molecule has 1 atom stereocenters. The number of nitrogens with zero attached hydrogens (tertiary/aromatic N) is 1. The number of ether oxygens (including phenoxy) is 1. The molecule has 0 aromatic carbocycles. The van der Waals surface area contributed by atoms with E-state index < -0.39 is 0 Å². The molecule has 1 aliphatic heterocycles. The van der Waals surface area contributed by atoms with E-state index in [0.717, 1.165) is 43.7 Å². The molecule has 1 aliphatic carbocycles. The molecule has 2 aliphatic rings. The van der Waals surface area contributed by atoms with Crippen LogP contribution in [0.5, 0.6) is 0 Å². The second-order valence-corrected chi connectivity index (χ2v) is 6.74. The molecule has 2 heterocycles. The van der Waals surface area contributed by atoms with Crippen molar-refractivity contribution in [2.24, 2.45) is 0 Å². The highest BCUT2D eigenvalue weighted by Gasteiger charge is 2.39. The minimum atomic E-state index is -0.193. The van der Waals surface area contributed by atoms with Crippen LogP contribution in [-0.2, 0) is 15.1 Å². The average Bonchev–Trinajstić information content (AvgIpc) is 3.18. The molecule has 0 radical (unpaired) electrons. The van der Waals surface area contributed by atoms with Crippen molar-refractivity contribution in [3.8, 4) is 0 Å². The normalized spacial score (nSPS) is 24.9. The van der Waals surface area contributed by atoms with Gasteiger partial charge in [-0.15, -0.1) is 11.3 Å². The van der Waals surface area contributed by atoms with Crippen molar-refractivity contribution in [3.05, 3.63) is 16.6 Å². The fourth-order valence-corrected chi connectivity index (χ4v) is 4.18. The third-order valence-electron chi connectivity index (χ3n) is 4.39. The predicted molar refractivity (Wildman–Crippen MR) is 78.6 cm³/mol.